The van der Waals surface area contributed by atoms with Gasteiger partial charge in [-0.25, -0.2) is 4.68 Å². The van der Waals surface area contributed by atoms with Crippen molar-refractivity contribution in [3.63, 3.8) is 0 Å². The highest BCUT2D eigenvalue weighted by molar-refractivity contribution is 7.80. The first-order chi connectivity index (χ1) is 7.68. The van der Waals surface area contributed by atoms with E-state index >= 15 is 0 Å². The third-order valence-electron chi connectivity index (χ3n) is 3.62. The van der Waals surface area contributed by atoms with Gasteiger partial charge < -0.3 is 5.73 Å². The average molecular weight is 236 g/mol. The summed E-state index contributed by atoms with van der Waals surface area (Å²) < 4.78 is 2.07. The van der Waals surface area contributed by atoms with Gasteiger partial charge in [0.1, 0.15) is 10.7 Å². The molecule has 1 aromatic heterocycles. The van der Waals surface area contributed by atoms with Gasteiger partial charge in [0.25, 0.3) is 0 Å². The molecule has 0 radical (unpaired) electrons. The minimum atomic E-state index is 0.385. The molecule has 1 heterocycles. The summed E-state index contributed by atoms with van der Waals surface area (Å²) in [5.41, 5.74) is 7.64. The van der Waals surface area contributed by atoms with E-state index in [-0.39, 0.29) is 0 Å². The third-order valence-corrected chi connectivity index (χ3v) is 3.81. The first kappa shape index (κ1) is 10.2. The van der Waals surface area contributed by atoms with Gasteiger partial charge in [-0.15, -0.1) is 5.10 Å². The zero-order chi connectivity index (χ0) is 11.3. The number of aromatic nitrogens is 3. The van der Waals surface area contributed by atoms with Crippen LogP contribution in [-0.2, 0) is 0 Å². The van der Waals surface area contributed by atoms with Crippen LogP contribution in [-0.4, -0.2) is 20.0 Å². The molecule has 0 spiro atoms. The van der Waals surface area contributed by atoms with Gasteiger partial charge in [-0.3, -0.25) is 0 Å². The lowest BCUT2D eigenvalue weighted by atomic mass is 10.1. The molecule has 0 saturated heterocycles. The van der Waals surface area contributed by atoms with Crippen molar-refractivity contribution in [2.75, 3.05) is 0 Å². The number of hydrogen-bond acceptors (Lipinski definition) is 3. The zero-order valence-electron chi connectivity index (χ0n) is 9.39. The molecule has 1 unspecified atom stereocenters. The Morgan fingerprint density at radius 1 is 1.44 bits per heavy atom. The lowest BCUT2D eigenvalue weighted by Crippen LogP contribution is -2.16. The summed E-state index contributed by atoms with van der Waals surface area (Å²) in [7, 11) is 0. The predicted molar refractivity (Wildman–Crippen MR) is 65.3 cm³/mol. The monoisotopic (exact) mass is 236 g/mol. The highest BCUT2D eigenvalue weighted by atomic mass is 32.1. The molecule has 0 aromatic carbocycles. The number of rotatable bonds is 4. The van der Waals surface area contributed by atoms with Crippen LogP contribution in [0, 0.1) is 5.92 Å². The van der Waals surface area contributed by atoms with Gasteiger partial charge in [0.05, 0.1) is 11.7 Å². The summed E-state index contributed by atoms with van der Waals surface area (Å²) in [5, 5.41) is 8.41. The maximum Gasteiger partial charge on any atom is 0.143 e. The summed E-state index contributed by atoms with van der Waals surface area (Å²) in [6, 6.07) is 0.450. The Bertz CT molecular complexity index is 431. The van der Waals surface area contributed by atoms with Crippen LogP contribution in [0.1, 0.15) is 56.0 Å². The first-order valence-electron chi connectivity index (χ1n) is 5.93. The summed E-state index contributed by atoms with van der Waals surface area (Å²) in [5.74, 6) is 1.37. The Labute approximate surface area is 100 Å². The Kier molecular flexibility index (Phi) is 2.24. The van der Waals surface area contributed by atoms with Crippen LogP contribution in [0.3, 0.4) is 0 Å². The number of thiocarbonyl (C=S) groups is 1. The van der Waals surface area contributed by atoms with E-state index in [1.165, 1.54) is 31.4 Å². The first-order valence-corrected chi connectivity index (χ1v) is 6.34. The van der Waals surface area contributed by atoms with Gasteiger partial charge in [-0.1, -0.05) is 17.4 Å². The van der Waals surface area contributed by atoms with E-state index in [2.05, 4.69) is 21.9 Å². The fourth-order valence-corrected chi connectivity index (χ4v) is 2.44. The van der Waals surface area contributed by atoms with Crippen molar-refractivity contribution >= 4 is 17.2 Å². The van der Waals surface area contributed by atoms with Gasteiger partial charge in [0.2, 0.25) is 0 Å². The number of hydrogen-bond donors (Lipinski definition) is 1. The predicted octanol–water partition coefficient (Wildman–Crippen LogP) is 1.76. The molecule has 4 nitrogen and oxygen atoms in total. The van der Waals surface area contributed by atoms with E-state index in [1.807, 2.05) is 0 Å². The van der Waals surface area contributed by atoms with Crippen molar-refractivity contribution in [1.82, 2.24) is 15.0 Å². The second-order valence-corrected chi connectivity index (χ2v) is 5.42. The van der Waals surface area contributed by atoms with Crippen molar-refractivity contribution in [1.29, 1.82) is 0 Å². The molecule has 0 bridgehead atoms. The molecule has 2 aliphatic rings. The molecule has 0 aliphatic heterocycles. The molecule has 5 heteroatoms. The molecule has 1 atom stereocenters. The molecule has 2 N–H and O–H groups in total. The molecule has 86 valence electrons. The fraction of sp³-hybridized carbons (Fsp3) is 0.727. The standard InChI is InChI=1S/C11H16N4S/c1-6(7-2-3-7)15-10(8-4-5-8)9(11(12)16)13-14-15/h6-8H,2-5H2,1H3,(H2,12,16). The fourth-order valence-electron chi connectivity index (χ4n) is 2.29. The molecular weight excluding hydrogens is 220 g/mol. The van der Waals surface area contributed by atoms with Crippen LogP contribution in [0.25, 0.3) is 0 Å². The van der Waals surface area contributed by atoms with Crippen LogP contribution in [0.5, 0.6) is 0 Å². The largest absolute Gasteiger partial charge is 0.388 e. The summed E-state index contributed by atoms with van der Waals surface area (Å²) in [6.45, 7) is 2.22. The SMILES string of the molecule is CC(C1CC1)n1nnc(C(N)=S)c1C1CC1. The minimum Gasteiger partial charge on any atom is -0.388 e. The lowest BCUT2D eigenvalue weighted by Gasteiger charge is -2.13. The lowest BCUT2D eigenvalue weighted by molar-refractivity contribution is 0.415. The Morgan fingerprint density at radius 2 is 2.12 bits per heavy atom. The van der Waals surface area contributed by atoms with Gasteiger partial charge in [-0.2, -0.15) is 0 Å². The molecule has 3 rings (SSSR count). The maximum absolute atomic E-state index is 5.70. The Hall–Kier alpha value is -0.970. The molecule has 0 amide bonds. The van der Waals surface area contributed by atoms with Crippen LogP contribution < -0.4 is 5.73 Å². The molecule has 2 aliphatic carbocycles. The van der Waals surface area contributed by atoms with Crippen molar-refractivity contribution < 1.29 is 0 Å². The smallest absolute Gasteiger partial charge is 0.143 e. The van der Waals surface area contributed by atoms with Crippen molar-refractivity contribution in [2.45, 2.75) is 44.6 Å². The highest BCUT2D eigenvalue weighted by Crippen LogP contribution is 2.45. The van der Waals surface area contributed by atoms with Crippen LogP contribution in [0.15, 0.2) is 0 Å². The van der Waals surface area contributed by atoms with Gasteiger partial charge in [-0.05, 0) is 38.5 Å². The van der Waals surface area contributed by atoms with E-state index in [4.69, 9.17) is 18.0 Å². The van der Waals surface area contributed by atoms with Crippen molar-refractivity contribution in [3.8, 4) is 0 Å². The van der Waals surface area contributed by atoms with E-state index in [0.717, 1.165) is 11.6 Å². The minimum absolute atomic E-state index is 0.385. The van der Waals surface area contributed by atoms with E-state index in [9.17, 15) is 0 Å². The van der Waals surface area contributed by atoms with Crippen molar-refractivity contribution in [3.05, 3.63) is 11.4 Å². The van der Waals surface area contributed by atoms with Gasteiger partial charge in [0, 0.05) is 5.92 Å². The zero-order valence-corrected chi connectivity index (χ0v) is 10.2. The molecule has 16 heavy (non-hydrogen) atoms. The van der Waals surface area contributed by atoms with E-state index < -0.39 is 0 Å². The third kappa shape index (κ3) is 1.63. The topological polar surface area (TPSA) is 56.7 Å². The van der Waals surface area contributed by atoms with Gasteiger partial charge >= 0.3 is 0 Å². The number of nitrogens with two attached hydrogens (primary N) is 1. The van der Waals surface area contributed by atoms with Crippen LogP contribution >= 0.6 is 12.2 Å². The molecular formula is C11H16N4S. The quantitative estimate of drug-likeness (QED) is 0.809. The summed E-state index contributed by atoms with van der Waals surface area (Å²) in [6.07, 6.45) is 5.07. The molecule has 2 saturated carbocycles. The van der Waals surface area contributed by atoms with Crippen molar-refractivity contribution in [2.24, 2.45) is 11.7 Å². The summed E-state index contributed by atoms with van der Waals surface area (Å²) in [4.78, 5) is 0.385. The van der Waals surface area contributed by atoms with Gasteiger partial charge in [0.15, 0.2) is 0 Å². The molecule has 1 aromatic rings. The van der Waals surface area contributed by atoms with E-state index in [1.54, 1.807) is 0 Å². The highest BCUT2D eigenvalue weighted by Gasteiger charge is 2.37. The van der Waals surface area contributed by atoms with Crippen LogP contribution in [0.4, 0.5) is 0 Å². The van der Waals surface area contributed by atoms with E-state index in [0.29, 0.717) is 16.9 Å². The Balaban J connectivity index is 1.99. The number of nitrogens with zero attached hydrogens (tertiary/aromatic N) is 3. The second-order valence-electron chi connectivity index (χ2n) is 4.98. The van der Waals surface area contributed by atoms with Crippen LogP contribution in [0.2, 0.25) is 0 Å². The summed E-state index contributed by atoms with van der Waals surface area (Å²) >= 11 is 5.04. The normalized spacial score (nSPS) is 22.1. The Morgan fingerprint density at radius 3 is 2.62 bits per heavy atom. The molecule has 2 fully saturated rings. The maximum atomic E-state index is 5.70. The average Bonchev–Trinajstić information content (AvgIpc) is 3.13. The second kappa shape index (κ2) is 3.52.